The van der Waals surface area contributed by atoms with E-state index in [1.807, 2.05) is 12.1 Å². The van der Waals surface area contributed by atoms with Gasteiger partial charge in [-0.15, -0.1) is 0 Å². The number of nitrogen functional groups attached to an aromatic ring is 1. The van der Waals surface area contributed by atoms with Crippen molar-refractivity contribution in [2.45, 2.75) is 20.0 Å². The Hall–Kier alpha value is -2.24. The number of nitrogens with two attached hydrogens (primary N) is 1. The summed E-state index contributed by atoms with van der Waals surface area (Å²) in [7, 11) is 0. The van der Waals surface area contributed by atoms with Crippen molar-refractivity contribution in [3.63, 3.8) is 0 Å². The standard InChI is InChI=1S/C17H17Cl2N3O2/c1-10(12-3-6-14(20)7-4-12)21-22-17(23)11(2)24-16-8-5-13(18)9-15(16)19/h3-9,11H,20H2,1-2H3,(H,22,23)/b21-10+. The molecule has 2 aromatic carbocycles. The van der Waals surface area contributed by atoms with Gasteiger partial charge in [-0.05, 0) is 49.7 Å². The molecule has 0 saturated heterocycles. The van der Waals surface area contributed by atoms with Crippen LogP contribution in [0, 0.1) is 0 Å². The van der Waals surface area contributed by atoms with Gasteiger partial charge in [0.25, 0.3) is 5.91 Å². The van der Waals surface area contributed by atoms with Gasteiger partial charge in [0, 0.05) is 10.7 Å². The number of ether oxygens (including phenoxy) is 1. The molecule has 7 heteroatoms. The van der Waals surface area contributed by atoms with E-state index in [1.54, 1.807) is 44.2 Å². The van der Waals surface area contributed by atoms with E-state index in [9.17, 15) is 4.79 Å². The highest BCUT2D eigenvalue weighted by atomic mass is 35.5. The Morgan fingerprint density at radius 3 is 2.50 bits per heavy atom. The average molecular weight is 366 g/mol. The van der Waals surface area contributed by atoms with Crippen LogP contribution in [0.3, 0.4) is 0 Å². The molecule has 1 atom stereocenters. The van der Waals surface area contributed by atoms with Gasteiger partial charge in [-0.3, -0.25) is 4.79 Å². The Balaban J connectivity index is 1.98. The fourth-order valence-electron chi connectivity index (χ4n) is 1.83. The van der Waals surface area contributed by atoms with Crippen LogP contribution in [0.25, 0.3) is 0 Å². The largest absolute Gasteiger partial charge is 0.479 e. The zero-order chi connectivity index (χ0) is 17.7. The van der Waals surface area contributed by atoms with Crippen LogP contribution in [0.15, 0.2) is 47.6 Å². The van der Waals surface area contributed by atoms with E-state index < -0.39 is 12.0 Å². The topological polar surface area (TPSA) is 76.7 Å². The fourth-order valence-corrected chi connectivity index (χ4v) is 2.29. The maximum absolute atomic E-state index is 12.1. The van der Waals surface area contributed by atoms with E-state index in [0.29, 0.717) is 27.2 Å². The van der Waals surface area contributed by atoms with Crippen LogP contribution in [0.1, 0.15) is 19.4 Å². The first-order valence-electron chi connectivity index (χ1n) is 7.18. The molecule has 24 heavy (non-hydrogen) atoms. The number of hydrogen-bond acceptors (Lipinski definition) is 4. The lowest BCUT2D eigenvalue weighted by Crippen LogP contribution is -2.34. The molecule has 0 bridgehead atoms. The van der Waals surface area contributed by atoms with Gasteiger partial charge in [-0.25, -0.2) is 5.43 Å². The Morgan fingerprint density at radius 2 is 1.88 bits per heavy atom. The Kier molecular flexibility index (Phi) is 6.06. The molecule has 1 unspecified atom stereocenters. The zero-order valence-corrected chi connectivity index (χ0v) is 14.7. The normalized spacial score (nSPS) is 12.6. The number of rotatable bonds is 5. The molecular weight excluding hydrogens is 349 g/mol. The summed E-state index contributed by atoms with van der Waals surface area (Å²) in [5.41, 5.74) is 10.3. The molecule has 0 aliphatic carbocycles. The van der Waals surface area contributed by atoms with Crippen LogP contribution < -0.4 is 15.9 Å². The monoisotopic (exact) mass is 365 g/mol. The lowest BCUT2D eigenvalue weighted by atomic mass is 10.1. The van der Waals surface area contributed by atoms with Crippen molar-refractivity contribution in [2.24, 2.45) is 5.10 Å². The number of anilines is 1. The van der Waals surface area contributed by atoms with Crippen LogP contribution in [0.4, 0.5) is 5.69 Å². The van der Waals surface area contributed by atoms with Gasteiger partial charge in [-0.1, -0.05) is 35.3 Å². The maximum atomic E-state index is 12.1. The third kappa shape index (κ3) is 4.88. The molecule has 0 spiro atoms. The summed E-state index contributed by atoms with van der Waals surface area (Å²) < 4.78 is 5.53. The molecule has 1 amide bonds. The molecule has 2 aromatic rings. The van der Waals surface area contributed by atoms with Gasteiger partial charge in [-0.2, -0.15) is 5.10 Å². The Labute approximate surface area is 150 Å². The summed E-state index contributed by atoms with van der Waals surface area (Å²) in [6, 6.07) is 12.0. The van der Waals surface area contributed by atoms with E-state index in [4.69, 9.17) is 33.7 Å². The second-order valence-corrected chi connectivity index (χ2v) is 5.97. The number of nitrogens with zero attached hydrogens (tertiary/aromatic N) is 1. The van der Waals surface area contributed by atoms with Crippen molar-refractivity contribution in [2.75, 3.05) is 5.73 Å². The number of hydrazone groups is 1. The summed E-state index contributed by atoms with van der Waals surface area (Å²) in [6.45, 7) is 3.39. The summed E-state index contributed by atoms with van der Waals surface area (Å²) in [5, 5.41) is 4.90. The molecule has 126 valence electrons. The third-order valence-electron chi connectivity index (χ3n) is 3.23. The predicted molar refractivity (Wildman–Crippen MR) is 97.8 cm³/mol. The van der Waals surface area contributed by atoms with Gasteiger partial charge >= 0.3 is 0 Å². The highest BCUT2D eigenvalue weighted by Crippen LogP contribution is 2.28. The van der Waals surface area contributed by atoms with Crippen molar-refractivity contribution in [3.05, 3.63) is 58.1 Å². The van der Waals surface area contributed by atoms with Crippen molar-refractivity contribution in [1.82, 2.24) is 5.43 Å². The number of carbonyl (C=O) groups excluding carboxylic acids is 1. The highest BCUT2D eigenvalue weighted by molar-refractivity contribution is 6.35. The molecule has 3 N–H and O–H groups in total. The quantitative estimate of drug-likeness (QED) is 0.479. The number of benzene rings is 2. The minimum atomic E-state index is -0.772. The number of halogens is 2. The number of nitrogens with one attached hydrogen (secondary N) is 1. The smallest absolute Gasteiger partial charge is 0.280 e. The number of carbonyl (C=O) groups is 1. The molecule has 5 nitrogen and oxygen atoms in total. The van der Waals surface area contributed by atoms with E-state index in [2.05, 4.69) is 10.5 Å². The molecule has 0 radical (unpaired) electrons. The van der Waals surface area contributed by atoms with Crippen LogP contribution in [-0.4, -0.2) is 17.7 Å². The van der Waals surface area contributed by atoms with Crippen molar-refractivity contribution in [1.29, 1.82) is 0 Å². The lowest BCUT2D eigenvalue weighted by molar-refractivity contribution is -0.127. The van der Waals surface area contributed by atoms with Gasteiger partial charge in [0.15, 0.2) is 6.10 Å². The fraction of sp³-hybridized carbons (Fsp3) is 0.176. The minimum absolute atomic E-state index is 0.337. The Bertz CT molecular complexity index is 761. The first kappa shape index (κ1) is 18.1. The van der Waals surface area contributed by atoms with Crippen LogP contribution in [0.2, 0.25) is 10.0 Å². The van der Waals surface area contributed by atoms with Gasteiger partial charge < -0.3 is 10.5 Å². The summed E-state index contributed by atoms with van der Waals surface area (Å²) >= 11 is 11.8. The average Bonchev–Trinajstić information content (AvgIpc) is 2.55. The number of amides is 1. The van der Waals surface area contributed by atoms with Crippen molar-refractivity contribution in [3.8, 4) is 5.75 Å². The minimum Gasteiger partial charge on any atom is -0.479 e. The van der Waals surface area contributed by atoms with E-state index >= 15 is 0 Å². The molecular formula is C17H17Cl2N3O2. The van der Waals surface area contributed by atoms with Crippen LogP contribution in [-0.2, 0) is 4.79 Å². The van der Waals surface area contributed by atoms with Crippen molar-refractivity contribution >= 4 is 40.5 Å². The van der Waals surface area contributed by atoms with Crippen molar-refractivity contribution < 1.29 is 9.53 Å². The molecule has 0 fully saturated rings. The highest BCUT2D eigenvalue weighted by Gasteiger charge is 2.16. The summed E-state index contributed by atoms with van der Waals surface area (Å²) in [6.07, 6.45) is -0.772. The molecule has 0 aliphatic rings. The Morgan fingerprint density at radius 1 is 1.21 bits per heavy atom. The first-order chi connectivity index (χ1) is 11.4. The van der Waals surface area contributed by atoms with Gasteiger partial charge in [0.2, 0.25) is 0 Å². The molecule has 0 aromatic heterocycles. The summed E-state index contributed by atoms with van der Waals surface area (Å²) in [4.78, 5) is 12.1. The lowest BCUT2D eigenvalue weighted by Gasteiger charge is -2.14. The SMILES string of the molecule is C/C(=N\NC(=O)C(C)Oc1ccc(Cl)cc1Cl)c1ccc(N)cc1. The predicted octanol–water partition coefficient (Wildman–Crippen LogP) is 3.88. The zero-order valence-electron chi connectivity index (χ0n) is 13.2. The molecule has 2 rings (SSSR count). The van der Waals surface area contributed by atoms with Gasteiger partial charge in [0.05, 0.1) is 10.7 Å². The third-order valence-corrected chi connectivity index (χ3v) is 3.76. The summed E-state index contributed by atoms with van der Waals surface area (Å²) in [5.74, 6) is -0.0150. The molecule has 0 saturated carbocycles. The van der Waals surface area contributed by atoms with E-state index in [-0.39, 0.29) is 0 Å². The van der Waals surface area contributed by atoms with E-state index in [0.717, 1.165) is 5.56 Å². The van der Waals surface area contributed by atoms with Gasteiger partial charge in [0.1, 0.15) is 5.75 Å². The molecule has 0 aliphatic heterocycles. The second kappa shape index (κ2) is 8.04. The maximum Gasteiger partial charge on any atom is 0.280 e. The molecule has 0 heterocycles. The first-order valence-corrected chi connectivity index (χ1v) is 7.94. The second-order valence-electron chi connectivity index (χ2n) is 5.13. The van der Waals surface area contributed by atoms with Crippen LogP contribution in [0.5, 0.6) is 5.75 Å². The van der Waals surface area contributed by atoms with Crippen LogP contribution >= 0.6 is 23.2 Å². The van der Waals surface area contributed by atoms with E-state index in [1.165, 1.54) is 0 Å². The number of hydrogen-bond donors (Lipinski definition) is 2.